The lowest BCUT2D eigenvalue weighted by Gasteiger charge is -2.06. The van der Waals surface area contributed by atoms with E-state index in [4.69, 9.17) is 16.9 Å². The standard InChI is InChI=1S/C13H7ClN3O4PS/c14-7-1-2-11-9(3-7)10(5-17(11)22(19,20)21)12(18)13-16-8(4-15)6-23-13/h1-3,5-6H,(H2,19,20,21). The monoisotopic (exact) mass is 367 g/mol. The van der Waals surface area contributed by atoms with Gasteiger partial charge in [0.1, 0.15) is 6.07 Å². The second-order valence-corrected chi connectivity index (χ2v) is 7.29. The number of ketones is 1. The topological polar surface area (TPSA) is 116 Å². The third-order valence-corrected chi connectivity index (χ3v) is 5.05. The van der Waals surface area contributed by atoms with E-state index in [0.29, 0.717) is 10.4 Å². The number of carbonyl (C=O) groups is 1. The average molecular weight is 368 g/mol. The minimum Gasteiger partial charge on any atom is -0.308 e. The normalized spacial score (nSPS) is 11.6. The second kappa shape index (κ2) is 5.57. The summed E-state index contributed by atoms with van der Waals surface area (Å²) < 4.78 is 12.3. The Morgan fingerprint density at radius 2 is 2.17 bits per heavy atom. The Labute approximate surface area is 138 Å². The Balaban J connectivity index is 2.25. The molecule has 0 unspecified atom stereocenters. The molecular weight excluding hydrogens is 361 g/mol. The van der Waals surface area contributed by atoms with Gasteiger partial charge >= 0.3 is 7.75 Å². The lowest BCUT2D eigenvalue weighted by molar-refractivity contribution is 0.104. The van der Waals surface area contributed by atoms with E-state index in [9.17, 15) is 19.1 Å². The lowest BCUT2D eigenvalue weighted by atomic mass is 10.1. The molecule has 0 amide bonds. The van der Waals surface area contributed by atoms with Crippen molar-refractivity contribution in [2.75, 3.05) is 0 Å². The van der Waals surface area contributed by atoms with E-state index in [0.717, 1.165) is 21.9 Å². The molecule has 116 valence electrons. The molecule has 0 radical (unpaired) electrons. The summed E-state index contributed by atoms with van der Waals surface area (Å²) in [5.41, 5.74) is 0.350. The van der Waals surface area contributed by atoms with E-state index in [1.807, 2.05) is 6.07 Å². The van der Waals surface area contributed by atoms with Gasteiger partial charge in [-0.3, -0.25) is 9.13 Å². The van der Waals surface area contributed by atoms with Crippen LogP contribution in [0.5, 0.6) is 0 Å². The number of hydrogen-bond acceptors (Lipinski definition) is 5. The van der Waals surface area contributed by atoms with Crippen molar-refractivity contribution in [3.63, 3.8) is 0 Å². The van der Waals surface area contributed by atoms with Crippen LogP contribution >= 0.6 is 30.7 Å². The maximum Gasteiger partial charge on any atom is 0.434 e. The Hall–Kier alpha value is -2.01. The van der Waals surface area contributed by atoms with Crippen molar-refractivity contribution in [1.29, 1.82) is 5.26 Å². The van der Waals surface area contributed by atoms with Gasteiger partial charge in [-0.2, -0.15) is 5.26 Å². The zero-order valence-electron chi connectivity index (χ0n) is 11.2. The zero-order chi connectivity index (χ0) is 16.8. The summed E-state index contributed by atoms with van der Waals surface area (Å²) in [5, 5.41) is 10.9. The van der Waals surface area contributed by atoms with Crippen molar-refractivity contribution >= 4 is 47.4 Å². The van der Waals surface area contributed by atoms with Gasteiger partial charge in [-0.15, -0.1) is 11.3 Å². The number of benzene rings is 1. The Morgan fingerprint density at radius 3 is 2.78 bits per heavy atom. The van der Waals surface area contributed by atoms with Crippen LogP contribution < -0.4 is 0 Å². The number of rotatable bonds is 3. The number of aromatic nitrogens is 2. The zero-order valence-corrected chi connectivity index (χ0v) is 13.6. The molecule has 0 saturated carbocycles. The molecule has 0 fully saturated rings. The van der Waals surface area contributed by atoms with Crippen LogP contribution in [0.2, 0.25) is 5.02 Å². The molecule has 0 aliphatic carbocycles. The van der Waals surface area contributed by atoms with Gasteiger partial charge in [0.05, 0.1) is 11.1 Å². The second-order valence-electron chi connectivity index (χ2n) is 4.54. The van der Waals surface area contributed by atoms with Gasteiger partial charge < -0.3 is 9.79 Å². The highest BCUT2D eigenvalue weighted by atomic mass is 35.5. The molecule has 0 aliphatic heterocycles. The minimum atomic E-state index is -4.64. The van der Waals surface area contributed by atoms with Crippen molar-refractivity contribution in [3.8, 4) is 6.07 Å². The predicted molar refractivity (Wildman–Crippen MR) is 84.7 cm³/mol. The van der Waals surface area contributed by atoms with E-state index in [1.165, 1.54) is 23.6 Å². The fourth-order valence-corrected chi connectivity index (χ4v) is 3.72. The SMILES string of the molecule is N#Cc1csc(C(=O)c2cn(P(=O)(O)O)c3ccc(Cl)cc23)n1. The van der Waals surface area contributed by atoms with E-state index >= 15 is 0 Å². The number of hydrogen-bond donors (Lipinski definition) is 2. The van der Waals surface area contributed by atoms with Crippen molar-refractivity contribution < 1.29 is 19.1 Å². The lowest BCUT2D eigenvalue weighted by Crippen LogP contribution is -2.00. The van der Waals surface area contributed by atoms with Crippen LogP contribution in [0.25, 0.3) is 10.9 Å². The largest absolute Gasteiger partial charge is 0.434 e. The van der Waals surface area contributed by atoms with E-state index in [2.05, 4.69) is 4.98 Å². The highest BCUT2D eigenvalue weighted by Gasteiger charge is 2.26. The molecule has 0 bridgehead atoms. The summed E-state index contributed by atoms with van der Waals surface area (Å²) in [6, 6.07) is 6.18. The molecule has 2 N–H and O–H groups in total. The summed E-state index contributed by atoms with van der Waals surface area (Å²) in [7, 11) is -4.64. The maximum atomic E-state index is 12.6. The van der Waals surface area contributed by atoms with Crippen LogP contribution in [-0.4, -0.2) is 24.9 Å². The summed E-state index contributed by atoms with van der Waals surface area (Å²) >= 11 is 6.91. The molecule has 0 atom stereocenters. The quantitative estimate of drug-likeness (QED) is 0.543. The summed E-state index contributed by atoms with van der Waals surface area (Å²) in [4.78, 5) is 35.3. The molecule has 10 heteroatoms. The van der Waals surface area contributed by atoms with Crippen molar-refractivity contribution in [1.82, 2.24) is 9.32 Å². The Morgan fingerprint density at radius 1 is 1.43 bits per heavy atom. The summed E-state index contributed by atoms with van der Waals surface area (Å²) in [6.07, 6.45) is 1.08. The van der Waals surface area contributed by atoms with Gasteiger partial charge in [-0.05, 0) is 18.2 Å². The molecule has 0 aliphatic rings. The first kappa shape index (κ1) is 15.9. The molecular formula is C13H7ClN3O4PS. The number of nitriles is 1. The third kappa shape index (κ3) is 2.81. The Bertz CT molecular complexity index is 1030. The smallest absolute Gasteiger partial charge is 0.308 e. The molecule has 2 heterocycles. The first-order chi connectivity index (χ1) is 10.8. The predicted octanol–water partition coefficient (Wildman–Crippen LogP) is 2.79. The van der Waals surface area contributed by atoms with Crippen LogP contribution in [-0.2, 0) is 4.57 Å². The fraction of sp³-hybridized carbons (Fsp3) is 0. The molecule has 0 saturated heterocycles. The van der Waals surface area contributed by atoms with Crippen LogP contribution in [0, 0.1) is 11.3 Å². The molecule has 2 aromatic heterocycles. The van der Waals surface area contributed by atoms with Gasteiger partial charge in [-0.1, -0.05) is 11.6 Å². The molecule has 3 aromatic rings. The molecule has 23 heavy (non-hydrogen) atoms. The maximum absolute atomic E-state index is 12.6. The number of thiazole rings is 1. The van der Waals surface area contributed by atoms with E-state index in [1.54, 1.807) is 0 Å². The van der Waals surface area contributed by atoms with Gasteiger partial charge in [0.15, 0.2) is 10.7 Å². The van der Waals surface area contributed by atoms with Gasteiger partial charge in [0.25, 0.3) is 0 Å². The fourth-order valence-electron chi connectivity index (χ4n) is 2.13. The molecule has 3 rings (SSSR count). The summed E-state index contributed by atoms with van der Waals surface area (Å²) in [6.45, 7) is 0. The van der Waals surface area contributed by atoms with E-state index < -0.39 is 13.5 Å². The number of nitrogens with zero attached hydrogens (tertiary/aromatic N) is 3. The summed E-state index contributed by atoms with van der Waals surface area (Å²) in [5.74, 6) is -0.532. The van der Waals surface area contributed by atoms with Gasteiger partial charge in [0.2, 0.25) is 5.78 Å². The first-order valence-corrected chi connectivity index (χ1v) is 8.91. The van der Waals surface area contributed by atoms with Crippen LogP contribution in [0.4, 0.5) is 0 Å². The van der Waals surface area contributed by atoms with Crippen molar-refractivity contribution in [2.45, 2.75) is 0 Å². The minimum absolute atomic E-state index is 0.0599. The van der Waals surface area contributed by atoms with Crippen LogP contribution in [0.3, 0.4) is 0 Å². The number of carbonyl (C=O) groups excluding carboxylic acids is 1. The number of fused-ring (bicyclic) bond motifs is 1. The average Bonchev–Trinajstić information content (AvgIpc) is 3.10. The van der Waals surface area contributed by atoms with Crippen LogP contribution in [0.1, 0.15) is 21.1 Å². The van der Waals surface area contributed by atoms with Crippen LogP contribution in [0.15, 0.2) is 29.8 Å². The molecule has 7 nitrogen and oxygen atoms in total. The van der Waals surface area contributed by atoms with Gasteiger partial charge in [-0.25, -0.2) is 9.55 Å². The number of halogens is 1. The van der Waals surface area contributed by atoms with Gasteiger partial charge in [0, 0.05) is 22.0 Å². The molecule has 1 aromatic carbocycles. The molecule has 0 spiro atoms. The Kier molecular flexibility index (Phi) is 3.84. The third-order valence-electron chi connectivity index (χ3n) is 3.09. The first-order valence-electron chi connectivity index (χ1n) is 6.08. The highest BCUT2D eigenvalue weighted by molar-refractivity contribution is 7.50. The van der Waals surface area contributed by atoms with E-state index in [-0.39, 0.29) is 21.8 Å². The van der Waals surface area contributed by atoms with Crippen molar-refractivity contribution in [3.05, 3.63) is 51.1 Å². The van der Waals surface area contributed by atoms with Crippen molar-refractivity contribution in [2.24, 2.45) is 0 Å². The highest BCUT2D eigenvalue weighted by Crippen LogP contribution is 2.42.